The normalized spacial score (nSPS) is 11.9. The molecule has 0 radical (unpaired) electrons. The van der Waals surface area contributed by atoms with Gasteiger partial charge in [0.1, 0.15) is 11.3 Å². The molecule has 1 aromatic carbocycles. The van der Waals surface area contributed by atoms with E-state index in [-0.39, 0.29) is 54.3 Å². The Kier molecular flexibility index (Phi) is 11.0. The molecule has 2 N–H and O–H groups in total. The van der Waals surface area contributed by atoms with Crippen molar-refractivity contribution < 1.29 is 46.5 Å². The minimum atomic E-state index is -3.07. The fraction of sp³-hybridized carbons (Fsp3) is 0.414. The van der Waals surface area contributed by atoms with Gasteiger partial charge in [0.05, 0.1) is 31.5 Å². The fourth-order valence-electron chi connectivity index (χ4n) is 3.72. The highest BCUT2D eigenvalue weighted by Gasteiger charge is 2.28. The largest absolute Gasteiger partial charge is 0.490 e. The number of halogens is 2. The number of carbonyl (C=O) groups is 3. The third kappa shape index (κ3) is 9.38. The van der Waals surface area contributed by atoms with E-state index in [0.717, 1.165) is 0 Å². The molecule has 0 spiro atoms. The molecule has 12 nitrogen and oxygen atoms in total. The Morgan fingerprint density at radius 3 is 2.42 bits per heavy atom. The van der Waals surface area contributed by atoms with Gasteiger partial charge in [0.2, 0.25) is 5.89 Å². The number of oxazole rings is 1. The van der Waals surface area contributed by atoms with Crippen LogP contribution in [0.5, 0.6) is 11.5 Å². The van der Waals surface area contributed by atoms with Crippen LogP contribution in [0.15, 0.2) is 40.8 Å². The monoisotopic (exact) mass is 604 g/mol. The fourth-order valence-corrected chi connectivity index (χ4v) is 3.72. The van der Waals surface area contributed by atoms with Crippen LogP contribution in [0.25, 0.3) is 11.5 Å². The number of amides is 2. The highest BCUT2D eigenvalue weighted by molar-refractivity contribution is 5.94. The number of aromatic nitrogens is 2. The first-order chi connectivity index (χ1) is 20.3. The van der Waals surface area contributed by atoms with Crippen LogP contribution in [-0.2, 0) is 16.0 Å². The highest BCUT2D eigenvalue weighted by atomic mass is 19.3. The van der Waals surface area contributed by atoms with E-state index in [2.05, 4.69) is 25.3 Å². The number of alkyl carbamates (subject to hydrolysis) is 1. The number of hydrogen-bond acceptors (Lipinski definition) is 10. The topological polar surface area (TPSA) is 151 Å². The number of hydrogen-bond donors (Lipinski definition) is 2. The molecule has 0 aliphatic carbocycles. The lowest BCUT2D eigenvalue weighted by atomic mass is 10.2. The average molecular weight is 605 g/mol. The zero-order valence-corrected chi connectivity index (χ0v) is 24.7. The number of carbonyl (C=O) groups excluding carboxylic acids is 3. The number of nitrogens with one attached hydrogen (secondary N) is 2. The van der Waals surface area contributed by atoms with Crippen LogP contribution in [0.3, 0.4) is 0 Å². The number of esters is 1. The maximum absolute atomic E-state index is 13.3. The van der Waals surface area contributed by atoms with Gasteiger partial charge in [-0.15, -0.1) is 0 Å². The second-order valence-electron chi connectivity index (χ2n) is 9.99. The van der Waals surface area contributed by atoms with Crippen molar-refractivity contribution in [3.63, 3.8) is 0 Å². The molecule has 0 aliphatic rings. The lowest BCUT2D eigenvalue weighted by molar-refractivity contribution is -0.0514. The maximum atomic E-state index is 13.3. The van der Waals surface area contributed by atoms with Crippen LogP contribution in [-0.4, -0.2) is 53.4 Å². The predicted octanol–water partition coefficient (Wildman–Crippen LogP) is 5.43. The summed E-state index contributed by atoms with van der Waals surface area (Å²) in [4.78, 5) is 46.4. The third-order valence-corrected chi connectivity index (χ3v) is 5.42. The molecule has 232 valence electrons. The molecule has 2 amide bonds. The molecule has 0 fully saturated rings. The maximum Gasteiger partial charge on any atom is 0.408 e. The van der Waals surface area contributed by atoms with E-state index < -0.39 is 36.2 Å². The summed E-state index contributed by atoms with van der Waals surface area (Å²) in [6.45, 7) is 7.22. The average Bonchev–Trinajstić information content (AvgIpc) is 3.38. The number of nitrogens with zero attached hydrogens (tertiary/aromatic N) is 2. The zero-order chi connectivity index (χ0) is 31.7. The summed E-state index contributed by atoms with van der Waals surface area (Å²) in [5, 5.41) is 5.29. The minimum absolute atomic E-state index is 0.00235. The van der Waals surface area contributed by atoms with Crippen LogP contribution in [0.4, 0.5) is 13.6 Å². The molecule has 2 heterocycles. The lowest BCUT2D eigenvalue weighted by Crippen LogP contribution is -2.34. The number of benzene rings is 1. The van der Waals surface area contributed by atoms with Crippen LogP contribution in [0.1, 0.15) is 80.0 Å². The molecule has 1 atom stereocenters. The predicted molar refractivity (Wildman–Crippen MR) is 149 cm³/mol. The van der Waals surface area contributed by atoms with E-state index >= 15 is 0 Å². The van der Waals surface area contributed by atoms with Gasteiger partial charge < -0.3 is 34.0 Å². The molecule has 14 heteroatoms. The van der Waals surface area contributed by atoms with E-state index in [1.807, 2.05) is 0 Å². The number of pyridine rings is 1. The summed E-state index contributed by atoms with van der Waals surface area (Å²) in [6, 6.07) is 7.89. The number of ether oxygens (including phenoxy) is 4. The van der Waals surface area contributed by atoms with Crippen LogP contribution >= 0.6 is 0 Å². The van der Waals surface area contributed by atoms with Gasteiger partial charge in [0.25, 0.3) is 5.91 Å². The summed E-state index contributed by atoms with van der Waals surface area (Å²) >= 11 is 0. The molecule has 3 aromatic rings. The van der Waals surface area contributed by atoms with Crippen LogP contribution in [0, 0.1) is 0 Å². The first kappa shape index (κ1) is 32.8. The minimum Gasteiger partial charge on any atom is -0.490 e. The molecular formula is C29H34F2N4O8. The molecule has 3 rings (SSSR count). The SMILES string of the molecule is CCOC(=O)c1cccc(CNC(=O)c2nc(-c3ccc(OC(F)F)c(OCC)c3)oc2C(C)NC(=O)OC(C)(C)C)n1. The molecule has 0 bridgehead atoms. The van der Waals surface area contributed by atoms with Crippen molar-refractivity contribution in [1.82, 2.24) is 20.6 Å². The van der Waals surface area contributed by atoms with Crippen molar-refractivity contribution in [2.24, 2.45) is 0 Å². The Balaban J connectivity index is 1.94. The van der Waals surface area contributed by atoms with Crippen molar-refractivity contribution >= 4 is 18.0 Å². The molecule has 0 saturated carbocycles. The second-order valence-corrected chi connectivity index (χ2v) is 9.99. The molecule has 0 saturated heterocycles. The Bertz CT molecular complexity index is 1440. The first-order valence-corrected chi connectivity index (χ1v) is 13.4. The first-order valence-electron chi connectivity index (χ1n) is 13.4. The number of alkyl halides is 2. The van der Waals surface area contributed by atoms with Crippen molar-refractivity contribution in [2.75, 3.05) is 13.2 Å². The summed E-state index contributed by atoms with van der Waals surface area (Å²) in [6.07, 6.45) is -0.753. The Morgan fingerprint density at radius 2 is 1.77 bits per heavy atom. The second kappa shape index (κ2) is 14.4. The van der Waals surface area contributed by atoms with E-state index in [1.165, 1.54) is 24.3 Å². The van der Waals surface area contributed by atoms with E-state index in [4.69, 9.17) is 18.6 Å². The van der Waals surface area contributed by atoms with Crippen molar-refractivity contribution in [2.45, 2.75) is 66.3 Å². The molecule has 43 heavy (non-hydrogen) atoms. The van der Waals surface area contributed by atoms with Gasteiger partial charge in [-0.25, -0.2) is 19.6 Å². The van der Waals surface area contributed by atoms with Gasteiger partial charge in [-0.2, -0.15) is 8.78 Å². The standard InChI is InChI=1S/C29H34F2N4O8/c1-7-39-21-14-17(12-13-20(21)41-27(30)31)25-35-22(23(42-25)16(3)33-28(38)43-29(4,5)6)24(36)32-15-18-10-9-11-19(34-18)26(37)40-8-2/h9-14,16,27H,7-8,15H2,1-6H3,(H,32,36)(H,33,38). The quantitative estimate of drug-likeness (QED) is 0.256. The summed E-state index contributed by atoms with van der Waals surface area (Å²) < 4.78 is 51.9. The van der Waals surface area contributed by atoms with Gasteiger partial charge >= 0.3 is 18.7 Å². The van der Waals surface area contributed by atoms with E-state index in [0.29, 0.717) is 11.3 Å². The molecule has 1 unspecified atom stereocenters. The summed E-state index contributed by atoms with van der Waals surface area (Å²) in [5.41, 5.74) is -0.193. The molecule has 2 aromatic heterocycles. The van der Waals surface area contributed by atoms with Crippen molar-refractivity contribution in [1.29, 1.82) is 0 Å². The van der Waals surface area contributed by atoms with Crippen LogP contribution in [0.2, 0.25) is 0 Å². The van der Waals surface area contributed by atoms with Gasteiger partial charge in [-0.05, 0) is 71.9 Å². The van der Waals surface area contributed by atoms with Crippen molar-refractivity contribution in [3.8, 4) is 23.0 Å². The Morgan fingerprint density at radius 1 is 1.02 bits per heavy atom. The van der Waals surface area contributed by atoms with Crippen LogP contribution < -0.4 is 20.1 Å². The van der Waals surface area contributed by atoms with Gasteiger partial charge in [0.15, 0.2) is 23.0 Å². The summed E-state index contributed by atoms with van der Waals surface area (Å²) in [5.74, 6) is -1.50. The third-order valence-electron chi connectivity index (χ3n) is 5.42. The smallest absolute Gasteiger partial charge is 0.408 e. The summed E-state index contributed by atoms with van der Waals surface area (Å²) in [7, 11) is 0. The van der Waals surface area contributed by atoms with E-state index in [9.17, 15) is 23.2 Å². The van der Waals surface area contributed by atoms with Gasteiger partial charge in [-0.3, -0.25) is 4.79 Å². The van der Waals surface area contributed by atoms with Gasteiger partial charge in [0, 0.05) is 5.56 Å². The highest BCUT2D eigenvalue weighted by Crippen LogP contribution is 2.35. The lowest BCUT2D eigenvalue weighted by Gasteiger charge is -2.21. The molecule has 0 aliphatic heterocycles. The van der Waals surface area contributed by atoms with E-state index in [1.54, 1.807) is 53.7 Å². The molecular weight excluding hydrogens is 570 g/mol. The zero-order valence-electron chi connectivity index (χ0n) is 24.7. The Labute approximate surface area is 247 Å². The number of rotatable bonds is 12. The van der Waals surface area contributed by atoms with Gasteiger partial charge in [-0.1, -0.05) is 6.07 Å². The van der Waals surface area contributed by atoms with Crippen molar-refractivity contribution in [3.05, 3.63) is 59.2 Å². The Hall–Kier alpha value is -4.75.